The molecule has 0 aliphatic rings. The lowest BCUT2D eigenvalue weighted by atomic mass is 9.83. The summed E-state index contributed by atoms with van der Waals surface area (Å²) >= 11 is 0. The summed E-state index contributed by atoms with van der Waals surface area (Å²) in [5, 5.41) is 0. The predicted molar refractivity (Wildman–Crippen MR) is 115 cm³/mol. The lowest BCUT2D eigenvalue weighted by Gasteiger charge is -2.44. The normalized spacial score (nSPS) is 12.6. The van der Waals surface area contributed by atoms with Gasteiger partial charge in [0.2, 0.25) is 0 Å². The van der Waals surface area contributed by atoms with Crippen LogP contribution < -0.4 is 0 Å². The summed E-state index contributed by atoms with van der Waals surface area (Å²) < 4.78 is 17.8. The van der Waals surface area contributed by atoms with Crippen LogP contribution in [0.3, 0.4) is 0 Å². The van der Waals surface area contributed by atoms with E-state index in [1.165, 1.54) is 0 Å². The Hall–Kier alpha value is -1.20. The van der Waals surface area contributed by atoms with Crippen LogP contribution in [0.4, 0.5) is 0 Å². The van der Waals surface area contributed by atoms with E-state index in [0.717, 1.165) is 0 Å². The van der Waals surface area contributed by atoms with Gasteiger partial charge < -0.3 is 18.4 Å². The van der Waals surface area contributed by atoms with E-state index in [2.05, 4.69) is 43.5 Å². The van der Waals surface area contributed by atoms with Gasteiger partial charge in [0.05, 0.1) is 19.8 Å². The van der Waals surface area contributed by atoms with Crippen LogP contribution >= 0.6 is 0 Å². The average Bonchev–Trinajstić information content (AvgIpc) is 2.53. The van der Waals surface area contributed by atoms with Crippen LogP contribution in [0.5, 0.6) is 0 Å². The topological polar surface area (TPSA) is 82.1 Å². The largest absolute Gasteiger partial charge is 0.465 e. The maximum absolute atomic E-state index is 12.7. The van der Waals surface area contributed by atoms with Crippen LogP contribution in [-0.4, -0.2) is 65.0 Å². The molecule has 0 saturated carbocycles. The van der Waals surface area contributed by atoms with Gasteiger partial charge in [-0.25, -0.2) is 0 Å². The Morgan fingerprint density at radius 2 is 1.04 bits per heavy atom. The van der Waals surface area contributed by atoms with Gasteiger partial charge in [-0.05, 0) is 40.2 Å². The summed E-state index contributed by atoms with van der Waals surface area (Å²) in [7, 11) is -3.20. The van der Waals surface area contributed by atoms with Crippen molar-refractivity contribution in [1.82, 2.24) is 4.23 Å². The fourth-order valence-electron chi connectivity index (χ4n) is 3.50. The summed E-state index contributed by atoms with van der Waals surface area (Å²) in [6.07, 6.45) is 0.500. The Kier molecular flexibility index (Phi) is 10.6. The molecule has 7 nitrogen and oxygen atoms in total. The van der Waals surface area contributed by atoms with Crippen molar-refractivity contribution in [2.24, 2.45) is 5.41 Å². The average molecular weight is 434 g/mol. The zero-order valence-electron chi connectivity index (χ0n) is 19.1. The highest BCUT2D eigenvalue weighted by atomic mass is 28.4. The van der Waals surface area contributed by atoms with Crippen molar-refractivity contribution in [2.75, 3.05) is 26.4 Å². The van der Waals surface area contributed by atoms with Crippen molar-refractivity contribution < 1.29 is 28.6 Å². The summed E-state index contributed by atoms with van der Waals surface area (Å²) in [5.41, 5.74) is -2.06. The third kappa shape index (κ3) is 7.00. The Balaban J connectivity index is 5.82. The lowest BCUT2D eigenvalue weighted by Crippen LogP contribution is -2.59. The minimum absolute atomic E-state index is 0.00889. The Morgan fingerprint density at radius 3 is 1.29 bits per heavy atom. The maximum Gasteiger partial charge on any atom is 0.335 e. The summed E-state index contributed by atoms with van der Waals surface area (Å²) in [5.74, 6) is -2.67. The molecule has 0 aliphatic heterocycles. The van der Waals surface area contributed by atoms with E-state index in [-0.39, 0.29) is 26.2 Å². The molecule has 9 heteroatoms. The first-order valence-corrected chi connectivity index (χ1v) is 17.0. The van der Waals surface area contributed by atoms with E-state index in [1.54, 1.807) is 20.8 Å². The fourth-order valence-corrected chi connectivity index (χ4v) is 13.2. The number of rotatable bonds is 12. The molecule has 0 saturated heterocycles. The third-order valence-corrected chi connectivity index (χ3v) is 12.1. The van der Waals surface area contributed by atoms with Crippen molar-refractivity contribution in [2.45, 2.75) is 72.9 Å². The number of esters is 3. The van der Waals surface area contributed by atoms with E-state index < -0.39 is 39.8 Å². The molecule has 0 amide bonds. The zero-order valence-corrected chi connectivity index (χ0v) is 21.1. The van der Waals surface area contributed by atoms with E-state index in [1.807, 2.05) is 0 Å². The fraction of sp³-hybridized carbons (Fsp3) is 0.842. The highest BCUT2D eigenvalue weighted by molar-refractivity contribution is 6.89. The van der Waals surface area contributed by atoms with Crippen LogP contribution in [0.15, 0.2) is 0 Å². The molecule has 28 heavy (non-hydrogen) atoms. The highest BCUT2D eigenvalue weighted by Gasteiger charge is 2.57. The summed E-state index contributed by atoms with van der Waals surface area (Å²) in [6, 6.07) is 0. The maximum atomic E-state index is 12.7. The van der Waals surface area contributed by atoms with E-state index in [4.69, 9.17) is 14.2 Å². The minimum atomic E-state index is -2.06. The number of carbonyl (C=O) groups excluding carboxylic acids is 3. The molecule has 0 bridgehead atoms. The number of hydrogen-bond acceptors (Lipinski definition) is 7. The predicted octanol–water partition coefficient (Wildman–Crippen LogP) is 3.41. The van der Waals surface area contributed by atoms with E-state index >= 15 is 0 Å². The van der Waals surface area contributed by atoms with Crippen molar-refractivity contribution in [3.63, 3.8) is 0 Å². The smallest absolute Gasteiger partial charge is 0.335 e. The molecule has 0 N–H and O–H groups in total. The molecule has 0 atom stereocenters. The van der Waals surface area contributed by atoms with Gasteiger partial charge in [-0.1, -0.05) is 39.3 Å². The molecule has 0 heterocycles. The van der Waals surface area contributed by atoms with Crippen LogP contribution in [0.2, 0.25) is 39.3 Å². The zero-order chi connectivity index (χ0) is 22.2. The molecule has 0 fully saturated rings. The number of nitrogens with zero attached hydrogens (tertiary/aromatic N) is 1. The molecule has 0 unspecified atom stereocenters. The van der Waals surface area contributed by atoms with Crippen LogP contribution in [0.25, 0.3) is 0 Å². The number of ether oxygens (including phenoxy) is 3. The molecule has 0 aliphatic carbocycles. The molecule has 0 aromatic heterocycles. The second-order valence-electron chi connectivity index (χ2n) is 8.66. The van der Waals surface area contributed by atoms with E-state index in [0.29, 0.717) is 13.0 Å². The van der Waals surface area contributed by atoms with Crippen molar-refractivity contribution in [1.29, 1.82) is 0 Å². The molecule has 0 spiro atoms. The second-order valence-corrected chi connectivity index (χ2v) is 18.9. The quantitative estimate of drug-likeness (QED) is 0.202. The van der Waals surface area contributed by atoms with Gasteiger partial charge in [0.1, 0.15) is 16.5 Å². The summed E-state index contributed by atoms with van der Waals surface area (Å²) in [4.78, 5) is 38.2. The Bertz CT molecular complexity index is 480. The lowest BCUT2D eigenvalue weighted by molar-refractivity contribution is -0.184. The summed E-state index contributed by atoms with van der Waals surface area (Å²) in [6.45, 7) is 19.5. The molecule has 164 valence electrons. The van der Waals surface area contributed by atoms with Crippen molar-refractivity contribution in [3.05, 3.63) is 0 Å². The molecular weight excluding hydrogens is 394 g/mol. The second kappa shape index (κ2) is 11.1. The SMILES string of the molecule is CCOC(=O)C(CCCN([Si](C)(C)C)[Si](C)(C)C)(C(=O)OCC)C(=O)OCC. The molecule has 0 rings (SSSR count). The van der Waals surface area contributed by atoms with Gasteiger partial charge >= 0.3 is 17.9 Å². The van der Waals surface area contributed by atoms with Gasteiger partial charge in [0.15, 0.2) is 0 Å². The first-order chi connectivity index (χ1) is 12.8. The van der Waals surface area contributed by atoms with E-state index in [9.17, 15) is 14.4 Å². The first kappa shape index (κ1) is 26.8. The molecule has 0 radical (unpaired) electrons. The van der Waals surface area contributed by atoms with Crippen LogP contribution in [0, 0.1) is 5.41 Å². The van der Waals surface area contributed by atoms with Crippen LogP contribution in [0.1, 0.15) is 33.6 Å². The Labute approximate surface area is 172 Å². The van der Waals surface area contributed by atoms with Gasteiger partial charge in [-0.3, -0.25) is 14.4 Å². The van der Waals surface area contributed by atoms with Gasteiger partial charge in [-0.15, -0.1) is 0 Å². The highest BCUT2D eigenvalue weighted by Crippen LogP contribution is 2.31. The first-order valence-electron chi connectivity index (χ1n) is 10.1. The molecular formula is C19H39NO6Si2. The third-order valence-electron chi connectivity index (χ3n) is 4.42. The van der Waals surface area contributed by atoms with Crippen molar-refractivity contribution in [3.8, 4) is 0 Å². The van der Waals surface area contributed by atoms with Crippen LogP contribution in [-0.2, 0) is 28.6 Å². The Morgan fingerprint density at radius 1 is 0.714 bits per heavy atom. The van der Waals surface area contributed by atoms with Crippen molar-refractivity contribution >= 4 is 34.4 Å². The molecule has 0 aromatic carbocycles. The monoisotopic (exact) mass is 433 g/mol. The van der Waals surface area contributed by atoms with Gasteiger partial charge in [0, 0.05) is 0 Å². The van der Waals surface area contributed by atoms with Gasteiger partial charge in [-0.2, -0.15) is 0 Å². The standard InChI is InChI=1S/C19H39NO6Si2/c1-10-24-16(21)19(17(22)25-11-2,18(23)26-12-3)14-13-15-20(27(4,5)6)28(7,8)9/h10-15H2,1-9H3. The van der Waals surface area contributed by atoms with Gasteiger partial charge in [0.25, 0.3) is 5.41 Å². The minimum Gasteiger partial charge on any atom is -0.465 e. The number of carbonyl (C=O) groups is 3. The molecule has 0 aromatic rings. The number of hydrogen-bond donors (Lipinski definition) is 0.